The van der Waals surface area contributed by atoms with Gasteiger partial charge in [0.15, 0.2) is 0 Å². The second-order valence-electron chi connectivity index (χ2n) is 8.09. The van der Waals surface area contributed by atoms with E-state index in [0.29, 0.717) is 35.9 Å². The summed E-state index contributed by atoms with van der Waals surface area (Å²) in [5.41, 5.74) is 1.73. The molecule has 0 saturated carbocycles. The normalized spacial score (nSPS) is 16.7. The van der Waals surface area contributed by atoms with Crippen LogP contribution in [-0.4, -0.2) is 62.7 Å². The van der Waals surface area contributed by atoms with Crippen molar-refractivity contribution in [1.82, 2.24) is 24.8 Å². The van der Waals surface area contributed by atoms with Crippen molar-refractivity contribution in [2.45, 2.75) is 39.2 Å². The number of likely N-dealkylation sites (tertiary alicyclic amines) is 1. The Kier molecular flexibility index (Phi) is 5.93. The minimum absolute atomic E-state index is 0.0390. The number of hydrogen-bond acceptors (Lipinski definition) is 5. The number of amides is 2. The first kappa shape index (κ1) is 20.9. The van der Waals surface area contributed by atoms with Gasteiger partial charge in [0.05, 0.1) is 11.3 Å². The van der Waals surface area contributed by atoms with Gasteiger partial charge in [-0.05, 0) is 44.6 Å². The van der Waals surface area contributed by atoms with Crippen LogP contribution in [0.25, 0.3) is 10.8 Å². The summed E-state index contributed by atoms with van der Waals surface area (Å²) < 4.78 is 0. The number of fused-ring (bicyclic) bond motifs is 1. The van der Waals surface area contributed by atoms with Crippen LogP contribution >= 0.6 is 0 Å². The van der Waals surface area contributed by atoms with Crippen LogP contribution in [0.15, 0.2) is 42.7 Å². The van der Waals surface area contributed by atoms with Crippen LogP contribution in [0.4, 0.5) is 0 Å². The zero-order valence-electron chi connectivity index (χ0n) is 18.2. The largest absolute Gasteiger partial charge is 0.338 e. The molecule has 1 atom stereocenters. The summed E-state index contributed by atoms with van der Waals surface area (Å²) in [6.07, 6.45) is 5.71. The first-order valence-corrected chi connectivity index (χ1v) is 10.7. The molecule has 1 aliphatic rings. The summed E-state index contributed by atoms with van der Waals surface area (Å²) in [5.74, 6) is 0.541. The van der Waals surface area contributed by atoms with Gasteiger partial charge in [0.1, 0.15) is 11.5 Å². The highest BCUT2D eigenvalue weighted by atomic mass is 16.2. The molecule has 1 aromatic carbocycles. The van der Waals surface area contributed by atoms with Crippen LogP contribution in [0.1, 0.15) is 51.6 Å². The van der Waals surface area contributed by atoms with Crippen molar-refractivity contribution in [2.75, 3.05) is 20.1 Å². The molecule has 31 heavy (non-hydrogen) atoms. The third-order valence-electron chi connectivity index (χ3n) is 6.06. The van der Waals surface area contributed by atoms with E-state index in [0.717, 1.165) is 30.0 Å². The van der Waals surface area contributed by atoms with Gasteiger partial charge in [0.2, 0.25) is 0 Å². The van der Waals surface area contributed by atoms with E-state index in [1.54, 1.807) is 17.3 Å². The fourth-order valence-corrected chi connectivity index (χ4v) is 4.26. The monoisotopic (exact) mass is 417 g/mol. The molecule has 0 spiro atoms. The van der Waals surface area contributed by atoms with Crippen molar-refractivity contribution < 1.29 is 9.59 Å². The molecule has 0 bridgehead atoms. The average Bonchev–Trinajstić information content (AvgIpc) is 3.03. The van der Waals surface area contributed by atoms with Gasteiger partial charge in [-0.3, -0.25) is 14.6 Å². The minimum Gasteiger partial charge on any atom is -0.338 e. The summed E-state index contributed by atoms with van der Waals surface area (Å²) in [5, 5.41) is 1.87. The molecule has 0 radical (unpaired) electrons. The van der Waals surface area contributed by atoms with Crippen molar-refractivity contribution in [2.24, 2.45) is 0 Å². The molecule has 4 rings (SSSR count). The molecule has 1 fully saturated rings. The first-order valence-electron chi connectivity index (χ1n) is 10.7. The maximum absolute atomic E-state index is 13.2. The smallest absolute Gasteiger partial charge is 0.273 e. The summed E-state index contributed by atoms with van der Waals surface area (Å²) in [6.45, 7) is 4.91. The van der Waals surface area contributed by atoms with Gasteiger partial charge in [-0.15, -0.1) is 0 Å². The summed E-state index contributed by atoms with van der Waals surface area (Å²) in [7, 11) is 1.84. The maximum atomic E-state index is 13.2. The summed E-state index contributed by atoms with van der Waals surface area (Å²) >= 11 is 0. The van der Waals surface area contributed by atoms with E-state index in [9.17, 15) is 9.59 Å². The highest BCUT2D eigenvalue weighted by Gasteiger charge is 2.28. The maximum Gasteiger partial charge on any atom is 0.273 e. The Bertz CT molecular complexity index is 1120. The van der Waals surface area contributed by atoms with Gasteiger partial charge >= 0.3 is 0 Å². The van der Waals surface area contributed by atoms with Gasteiger partial charge in [-0.25, -0.2) is 9.97 Å². The topological polar surface area (TPSA) is 79.3 Å². The van der Waals surface area contributed by atoms with E-state index in [1.807, 2.05) is 56.1 Å². The van der Waals surface area contributed by atoms with E-state index in [-0.39, 0.29) is 17.9 Å². The molecular formula is C24H27N5O2. The predicted molar refractivity (Wildman–Crippen MR) is 119 cm³/mol. The molecule has 3 heterocycles. The second-order valence-corrected chi connectivity index (χ2v) is 8.09. The van der Waals surface area contributed by atoms with Crippen LogP contribution in [-0.2, 0) is 0 Å². The fraction of sp³-hybridized carbons (Fsp3) is 0.375. The molecule has 0 aliphatic carbocycles. The lowest BCUT2D eigenvalue weighted by Crippen LogP contribution is -2.39. The Morgan fingerprint density at radius 1 is 1.06 bits per heavy atom. The number of carbonyl (C=O) groups is 2. The summed E-state index contributed by atoms with van der Waals surface area (Å²) in [6, 6.07) is 9.77. The first-order chi connectivity index (χ1) is 15.0. The number of benzene rings is 1. The van der Waals surface area contributed by atoms with Crippen molar-refractivity contribution >= 4 is 22.6 Å². The van der Waals surface area contributed by atoms with Gasteiger partial charge in [-0.1, -0.05) is 24.3 Å². The molecule has 1 aliphatic heterocycles. The Hall–Kier alpha value is -3.35. The van der Waals surface area contributed by atoms with E-state index < -0.39 is 0 Å². The Labute approximate surface area is 182 Å². The van der Waals surface area contributed by atoms with Crippen molar-refractivity contribution in [3.63, 3.8) is 0 Å². The number of pyridine rings is 1. The number of rotatable bonds is 3. The quantitative estimate of drug-likeness (QED) is 0.653. The SMILES string of the molecule is Cc1ncc(C(=O)N2CCC[C@@H](N(C)C(=O)c3nccc4ccccc34)CC2)c(C)n1. The standard InChI is InChI=1S/C24H27N5O2/c1-16-21(15-26-17(2)27-16)23(30)29-13-6-8-19(11-14-29)28(3)24(31)22-20-9-5-4-7-18(20)10-12-25-22/h4-5,7,9-10,12,15,19H,6,8,11,13-14H2,1-3H3/t19-/m1/s1. The third kappa shape index (κ3) is 4.26. The minimum atomic E-state index is -0.0793. The highest BCUT2D eigenvalue weighted by Crippen LogP contribution is 2.22. The third-order valence-corrected chi connectivity index (χ3v) is 6.06. The molecule has 2 amide bonds. The van der Waals surface area contributed by atoms with Gasteiger partial charge < -0.3 is 9.80 Å². The lowest BCUT2D eigenvalue weighted by Gasteiger charge is -2.27. The molecular weight excluding hydrogens is 390 g/mol. The van der Waals surface area contributed by atoms with Crippen LogP contribution in [0.2, 0.25) is 0 Å². The highest BCUT2D eigenvalue weighted by molar-refractivity contribution is 6.05. The lowest BCUT2D eigenvalue weighted by atomic mass is 10.1. The number of carbonyl (C=O) groups excluding carboxylic acids is 2. The van der Waals surface area contributed by atoms with Crippen LogP contribution in [0, 0.1) is 13.8 Å². The molecule has 2 aromatic heterocycles. The molecule has 160 valence electrons. The van der Waals surface area contributed by atoms with E-state index in [1.165, 1.54) is 0 Å². The van der Waals surface area contributed by atoms with Crippen LogP contribution in [0.3, 0.4) is 0 Å². The number of aryl methyl sites for hydroxylation is 2. The zero-order valence-corrected chi connectivity index (χ0v) is 18.2. The van der Waals surface area contributed by atoms with Gasteiger partial charge in [0, 0.05) is 44.0 Å². The molecule has 0 N–H and O–H groups in total. The average molecular weight is 418 g/mol. The Morgan fingerprint density at radius 3 is 2.68 bits per heavy atom. The molecule has 0 unspecified atom stereocenters. The molecule has 1 saturated heterocycles. The predicted octanol–water partition coefficient (Wildman–Crippen LogP) is 3.41. The van der Waals surface area contributed by atoms with E-state index in [4.69, 9.17) is 0 Å². The lowest BCUT2D eigenvalue weighted by molar-refractivity contribution is 0.0706. The zero-order chi connectivity index (χ0) is 22.0. The fourth-order valence-electron chi connectivity index (χ4n) is 4.26. The molecule has 7 heteroatoms. The second kappa shape index (κ2) is 8.79. The molecule has 7 nitrogen and oxygen atoms in total. The summed E-state index contributed by atoms with van der Waals surface area (Å²) in [4.78, 5) is 42.8. The number of aromatic nitrogens is 3. The van der Waals surface area contributed by atoms with Crippen molar-refractivity contribution in [3.05, 3.63) is 65.5 Å². The number of hydrogen-bond donors (Lipinski definition) is 0. The molecule has 3 aromatic rings. The number of nitrogens with zero attached hydrogens (tertiary/aromatic N) is 5. The van der Waals surface area contributed by atoms with Crippen molar-refractivity contribution in [3.8, 4) is 0 Å². The van der Waals surface area contributed by atoms with Gasteiger partial charge in [0.25, 0.3) is 11.8 Å². The van der Waals surface area contributed by atoms with E-state index >= 15 is 0 Å². The Morgan fingerprint density at radius 2 is 1.87 bits per heavy atom. The van der Waals surface area contributed by atoms with Crippen molar-refractivity contribution in [1.29, 1.82) is 0 Å². The Balaban J connectivity index is 1.48. The van der Waals surface area contributed by atoms with Crippen LogP contribution in [0.5, 0.6) is 0 Å². The van der Waals surface area contributed by atoms with Crippen LogP contribution < -0.4 is 0 Å². The van der Waals surface area contributed by atoms with E-state index in [2.05, 4.69) is 15.0 Å². The van der Waals surface area contributed by atoms with Gasteiger partial charge in [-0.2, -0.15) is 0 Å².